The normalized spacial score (nSPS) is 16.3. The molecule has 1 aliphatic rings. The molecule has 3 nitrogen and oxygen atoms in total. The Morgan fingerprint density at radius 1 is 0.957 bits per heavy atom. The van der Waals surface area contributed by atoms with Gasteiger partial charge in [-0.25, -0.2) is 0 Å². The summed E-state index contributed by atoms with van der Waals surface area (Å²) < 4.78 is 0. The Balaban J connectivity index is 1.77. The predicted octanol–water partition coefficient (Wildman–Crippen LogP) is 4.00. The number of nitrogens with zero attached hydrogens (tertiary/aromatic N) is 2. The predicted molar refractivity (Wildman–Crippen MR) is 99.2 cm³/mol. The Kier molecular flexibility index (Phi) is 5.19. The summed E-state index contributed by atoms with van der Waals surface area (Å²) in [6.07, 6.45) is 2.63. The van der Waals surface area contributed by atoms with E-state index in [1.807, 2.05) is 0 Å². The summed E-state index contributed by atoms with van der Waals surface area (Å²) in [4.78, 5) is 4.77. The van der Waals surface area contributed by atoms with Crippen LogP contribution in [0.3, 0.4) is 0 Å². The molecular weight excluding hydrogens is 282 g/mol. The average molecular weight is 309 g/mol. The Morgan fingerprint density at radius 2 is 1.61 bits per heavy atom. The largest absolute Gasteiger partial charge is 0.381 e. The monoisotopic (exact) mass is 309 g/mol. The van der Waals surface area contributed by atoms with Gasteiger partial charge in [0.2, 0.25) is 0 Å². The summed E-state index contributed by atoms with van der Waals surface area (Å²) in [5, 5.41) is 3.69. The maximum absolute atomic E-state index is 3.69. The lowest BCUT2D eigenvalue weighted by atomic mass is 10.1. The molecule has 1 aliphatic heterocycles. The smallest absolute Gasteiger partial charge is 0.0596 e. The second kappa shape index (κ2) is 7.51. The molecule has 1 N–H and O–H groups in total. The zero-order chi connectivity index (χ0) is 16.1. The highest BCUT2D eigenvalue weighted by molar-refractivity contribution is 5.69. The van der Waals surface area contributed by atoms with Crippen molar-refractivity contribution in [2.24, 2.45) is 0 Å². The number of hydrogen-bond acceptors (Lipinski definition) is 3. The molecule has 122 valence electrons. The van der Waals surface area contributed by atoms with Gasteiger partial charge in [0.25, 0.3) is 0 Å². The highest BCUT2D eigenvalue weighted by atomic mass is 15.2. The zero-order valence-corrected chi connectivity index (χ0v) is 14.2. The fourth-order valence-corrected chi connectivity index (χ4v) is 3.41. The fourth-order valence-electron chi connectivity index (χ4n) is 3.41. The van der Waals surface area contributed by atoms with E-state index >= 15 is 0 Å². The molecule has 0 saturated carbocycles. The van der Waals surface area contributed by atoms with Crippen LogP contribution in [0.4, 0.5) is 11.4 Å². The molecule has 0 aromatic heterocycles. The molecule has 0 bridgehead atoms. The van der Waals surface area contributed by atoms with Gasteiger partial charge in [-0.1, -0.05) is 42.5 Å². The van der Waals surface area contributed by atoms with Gasteiger partial charge in [-0.05, 0) is 43.6 Å². The summed E-state index contributed by atoms with van der Waals surface area (Å²) in [6.45, 7) is 3.35. The second-order valence-electron chi connectivity index (χ2n) is 6.46. The number of benzene rings is 2. The first-order chi connectivity index (χ1) is 11.3. The van der Waals surface area contributed by atoms with Gasteiger partial charge >= 0.3 is 0 Å². The van der Waals surface area contributed by atoms with E-state index in [4.69, 9.17) is 0 Å². The highest BCUT2D eigenvalue weighted by Gasteiger charge is 2.23. The minimum Gasteiger partial charge on any atom is -0.381 e. The van der Waals surface area contributed by atoms with E-state index in [2.05, 4.69) is 83.8 Å². The maximum Gasteiger partial charge on any atom is 0.0596 e. The van der Waals surface area contributed by atoms with Crippen molar-refractivity contribution >= 4 is 11.4 Å². The summed E-state index contributed by atoms with van der Waals surface area (Å²) in [5.74, 6) is 0. The lowest BCUT2D eigenvalue weighted by molar-refractivity contribution is 0.256. The third-order valence-corrected chi connectivity index (χ3v) is 4.64. The second-order valence-corrected chi connectivity index (χ2v) is 6.46. The summed E-state index contributed by atoms with van der Waals surface area (Å²) >= 11 is 0. The average Bonchev–Trinajstić information content (AvgIpc) is 3.10. The van der Waals surface area contributed by atoms with Crippen LogP contribution in [0.15, 0.2) is 54.6 Å². The van der Waals surface area contributed by atoms with Gasteiger partial charge in [-0.3, -0.25) is 4.90 Å². The first-order valence-corrected chi connectivity index (χ1v) is 8.55. The van der Waals surface area contributed by atoms with Gasteiger partial charge in [-0.15, -0.1) is 0 Å². The van der Waals surface area contributed by atoms with E-state index < -0.39 is 0 Å². The van der Waals surface area contributed by atoms with E-state index in [1.165, 1.54) is 42.9 Å². The molecule has 1 saturated heterocycles. The molecule has 1 fully saturated rings. The summed E-state index contributed by atoms with van der Waals surface area (Å²) in [6, 6.07) is 19.9. The van der Waals surface area contributed by atoms with Crippen molar-refractivity contribution in [2.75, 3.05) is 43.9 Å². The van der Waals surface area contributed by atoms with Gasteiger partial charge in [0.1, 0.15) is 0 Å². The zero-order valence-electron chi connectivity index (χ0n) is 14.2. The highest BCUT2D eigenvalue weighted by Crippen LogP contribution is 2.28. The van der Waals surface area contributed by atoms with Crippen LogP contribution in [0.2, 0.25) is 0 Å². The van der Waals surface area contributed by atoms with Crippen molar-refractivity contribution in [2.45, 2.75) is 18.9 Å². The molecule has 2 aromatic rings. The van der Waals surface area contributed by atoms with Crippen LogP contribution < -0.4 is 10.2 Å². The van der Waals surface area contributed by atoms with E-state index in [-0.39, 0.29) is 0 Å². The van der Waals surface area contributed by atoms with Crippen LogP contribution >= 0.6 is 0 Å². The number of hydrogen-bond donors (Lipinski definition) is 1. The van der Waals surface area contributed by atoms with Crippen LogP contribution in [0, 0.1) is 0 Å². The van der Waals surface area contributed by atoms with Crippen LogP contribution in [0.25, 0.3) is 0 Å². The number of rotatable bonds is 6. The molecule has 3 rings (SSSR count). The van der Waals surface area contributed by atoms with Crippen molar-refractivity contribution in [3.63, 3.8) is 0 Å². The van der Waals surface area contributed by atoms with Crippen molar-refractivity contribution in [1.29, 1.82) is 0 Å². The van der Waals surface area contributed by atoms with Crippen LogP contribution in [-0.2, 0) is 0 Å². The third kappa shape index (κ3) is 3.85. The SMILES string of the molecule is CN(C)c1ccccc1NCC(c1ccccc1)N1CCCC1. The molecule has 1 heterocycles. The van der Waals surface area contributed by atoms with Crippen LogP contribution in [0.5, 0.6) is 0 Å². The van der Waals surface area contributed by atoms with Gasteiger partial charge in [0, 0.05) is 20.6 Å². The number of nitrogens with one attached hydrogen (secondary N) is 1. The molecule has 23 heavy (non-hydrogen) atoms. The Bertz CT molecular complexity index is 603. The van der Waals surface area contributed by atoms with E-state index in [0.29, 0.717) is 6.04 Å². The summed E-state index contributed by atoms with van der Waals surface area (Å²) in [7, 11) is 4.19. The first-order valence-electron chi connectivity index (χ1n) is 8.55. The summed E-state index contributed by atoms with van der Waals surface area (Å²) in [5.41, 5.74) is 3.85. The first kappa shape index (κ1) is 15.9. The standard InChI is InChI=1S/C20H27N3/c1-22(2)19-13-7-6-12-18(19)21-16-20(23-14-8-9-15-23)17-10-4-3-5-11-17/h3-7,10-13,20-21H,8-9,14-16H2,1-2H3. The van der Waals surface area contributed by atoms with Crippen molar-refractivity contribution in [3.05, 3.63) is 60.2 Å². The van der Waals surface area contributed by atoms with Crippen LogP contribution in [0.1, 0.15) is 24.4 Å². The topological polar surface area (TPSA) is 18.5 Å². The van der Waals surface area contributed by atoms with Gasteiger partial charge in [-0.2, -0.15) is 0 Å². The molecule has 0 radical (unpaired) electrons. The van der Waals surface area contributed by atoms with Gasteiger partial charge in [0.05, 0.1) is 17.4 Å². The molecule has 0 aliphatic carbocycles. The lowest BCUT2D eigenvalue weighted by Crippen LogP contribution is -2.31. The van der Waals surface area contributed by atoms with E-state index in [1.54, 1.807) is 0 Å². The molecule has 0 spiro atoms. The fraction of sp³-hybridized carbons (Fsp3) is 0.400. The molecule has 1 unspecified atom stereocenters. The van der Waals surface area contributed by atoms with E-state index in [9.17, 15) is 0 Å². The van der Waals surface area contributed by atoms with E-state index in [0.717, 1.165) is 6.54 Å². The Hall–Kier alpha value is -2.00. The Morgan fingerprint density at radius 3 is 2.30 bits per heavy atom. The molecule has 2 aromatic carbocycles. The minimum absolute atomic E-state index is 0.439. The third-order valence-electron chi connectivity index (χ3n) is 4.64. The van der Waals surface area contributed by atoms with Gasteiger partial charge < -0.3 is 10.2 Å². The van der Waals surface area contributed by atoms with Gasteiger partial charge in [0.15, 0.2) is 0 Å². The quantitative estimate of drug-likeness (QED) is 0.870. The number of likely N-dealkylation sites (tertiary alicyclic amines) is 1. The lowest BCUT2D eigenvalue weighted by Gasteiger charge is -2.29. The van der Waals surface area contributed by atoms with Crippen molar-refractivity contribution in [3.8, 4) is 0 Å². The number of para-hydroxylation sites is 2. The van der Waals surface area contributed by atoms with Crippen molar-refractivity contribution in [1.82, 2.24) is 4.90 Å². The maximum atomic E-state index is 3.69. The van der Waals surface area contributed by atoms with Crippen LogP contribution in [-0.4, -0.2) is 38.6 Å². The number of anilines is 2. The minimum atomic E-state index is 0.439. The van der Waals surface area contributed by atoms with Crippen molar-refractivity contribution < 1.29 is 0 Å². The molecule has 0 amide bonds. The Labute approximate surface area is 139 Å². The molecule has 1 atom stereocenters. The molecular formula is C20H27N3. The molecule has 3 heteroatoms.